The first kappa shape index (κ1) is 4.97. The third-order valence-corrected chi connectivity index (χ3v) is 2.06. The van der Waals surface area contributed by atoms with Crippen molar-refractivity contribution < 1.29 is 4.11 Å². The molecule has 2 heteroatoms. The van der Waals surface area contributed by atoms with E-state index < -0.39 is 12.4 Å². The second-order valence-electron chi connectivity index (χ2n) is 2.94. The molecule has 0 amide bonds. The Balaban J connectivity index is 2.49. The monoisotopic (exact) mass is 165 g/mol. The Kier molecular flexibility index (Phi) is 1.34. The summed E-state index contributed by atoms with van der Waals surface area (Å²) in [7, 11) is 1.78. The lowest BCUT2D eigenvalue weighted by molar-refractivity contribution is 0.317. The highest BCUT2D eigenvalue weighted by atomic mass is 15.1. The molecule has 1 aromatic rings. The fourth-order valence-electron chi connectivity index (χ4n) is 1.41. The lowest BCUT2D eigenvalue weighted by Crippen LogP contribution is -2.17. The van der Waals surface area contributed by atoms with E-state index in [0.717, 1.165) is 0 Å². The van der Waals surface area contributed by atoms with Crippen LogP contribution in [-0.4, -0.2) is 23.5 Å². The molecule has 0 aliphatic carbocycles. The highest BCUT2D eigenvalue weighted by Gasteiger charge is 2.21. The largest absolute Gasteiger partial charge is 0.299 e. The minimum Gasteiger partial charge on any atom is -0.299 e. The first-order valence-corrected chi connectivity index (χ1v) is 4.10. The van der Waals surface area contributed by atoms with Gasteiger partial charge in [0.15, 0.2) is 0 Å². The van der Waals surface area contributed by atoms with Gasteiger partial charge in [0, 0.05) is 21.2 Å². The zero-order valence-corrected chi connectivity index (χ0v) is 7.12. The van der Waals surface area contributed by atoms with Crippen molar-refractivity contribution in [1.29, 1.82) is 0 Å². The predicted octanol–water partition coefficient (Wildman–Crippen LogP) is 1.85. The van der Waals surface area contributed by atoms with Crippen LogP contribution in [0.25, 0.3) is 0 Å². The van der Waals surface area contributed by atoms with Crippen molar-refractivity contribution >= 4 is 0 Å². The Hall–Kier alpha value is -0.890. The summed E-state index contributed by atoms with van der Waals surface area (Å²) in [4.78, 5) is 5.70. The van der Waals surface area contributed by atoms with Gasteiger partial charge in [0.05, 0.1) is 1.37 Å². The SMILES string of the molecule is [2H]C1([2H])CCN(C)[C@]1([2H])c1cccnc1. The number of nitrogens with zero attached hydrogens (tertiary/aromatic N) is 2. The Labute approximate surface area is 77.4 Å². The van der Waals surface area contributed by atoms with Gasteiger partial charge in [-0.25, -0.2) is 0 Å². The fourth-order valence-corrected chi connectivity index (χ4v) is 1.41. The van der Waals surface area contributed by atoms with Crippen molar-refractivity contribution in [2.24, 2.45) is 0 Å². The molecule has 0 spiro atoms. The third-order valence-electron chi connectivity index (χ3n) is 2.06. The average Bonchev–Trinajstić information content (AvgIpc) is 2.44. The molecule has 0 bridgehead atoms. The van der Waals surface area contributed by atoms with Crippen molar-refractivity contribution in [3.63, 3.8) is 0 Å². The summed E-state index contributed by atoms with van der Waals surface area (Å²) in [5.41, 5.74) is 0.620. The van der Waals surface area contributed by atoms with Gasteiger partial charge < -0.3 is 0 Å². The summed E-state index contributed by atoms with van der Waals surface area (Å²) in [5.74, 6) is 0. The highest BCUT2D eigenvalue weighted by Crippen LogP contribution is 2.29. The van der Waals surface area contributed by atoms with Gasteiger partial charge in [0.2, 0.25) is 0 Å². The summed E-state index contributed by atoms with van der Waals surface area (Å²) < 4.78 is 24.2. The Morgan fingerprint density at radius 1 is 1.83 bits per heavy atom. The summed E-state index contributed by atoms with van der Waals surface area (Å²) in [6.07, 6.45) is 2.08. The van der Waals surface area contributed by atoms with Gasteiger partial charge in [-0.1, -0.05) is 6.07 Å². The van der Waals surface area contributed by atoms with Gasteiger partial charge >= 0.3 is 0 Å². The molecule has 1 atom stereocenters. The maximum Gasteiger partial charge on any atom is 0.0519 e. The van der Waals surface area contributed by atoms with E-state index in [9.17, 15) is 0 Å². The predicted molar refractivity (Wildman–Crippen MR) is 48.8 cm³/mol. The molecule has 1 saturated heterocycles. The van der Waals surface area contributed by atoms with Crippen LogP contribution in [0.5, 0.6) is 0 Å². The molecule has 64 valence electrons. The summed E-state index contributed by atoms with van der Waals surface area (Å²) in [5, 5.41) is 0. The second-order valence-corrected chi connectivity index (χ2v) is 2.94. The quantitative estimate of drug-likeness (QED) is 0.631. The average molecular weight is 165 g/mol. The van der Waals surface area contributed by atoms with Crippen LogP contribution in [0.4, 0.5) is 0 Å². The van der Waals surface area contributed by atoms with E-state index in [4.69, 9.17) is 4.11 Å². The molecule has 0 N–H and O–H groups in total. The molecule has 12 heavy (non-hydrogen) atoms. The van der Waals surface area contributed by atoms with Crippen LogP contribution in [0.15, 0.2) is 24.5 Å². The maximum atomic E-state index is 8.34. The number of likely N-dealkylation sites (tertiary alicyclic amines) is 1. The molecule has 1 aliphatic heterocycles. The van der Waals surface area contributed by atoms with Crippen LogP contribution in [-0.2, 0) is 0 Å². The number of hydrogen-bond donors (Lipinski definition) is 0. The molecule has 0 saturated carbocycles. The second kappa shape index (κ2) is 3.23. The molecule has 0 aromatic carbocycles. The standard InChI is InChI=1S/C10H14N2/c1-12-7-3-5-10(12)9-4-2-6-11-8-9/h2,4,6,8,10H,3,5,7H2,1H3/t10-/m0/s1/i5D2,10D. The van der Waals surface area contributed by atoms with Crippen LogP contribution in [0.2, 0.25) is 0 Å². The molecule has 2 nitrogen and oxygen atoms in total. The summed E-state index contributed by atoms with van der Waals surface area (Å²) in [6, 6.07) is 2.20. The van der Waals surface area contributed by atoms with E-state index in [0.29, 0.717) is 18.5 Å². The van der Waals surface area contributed by atoms with Crippen molar-refractivity contribution in [3.8, 4) is 0 Å². The molecule has 2 heterocycles. The number of rotatable bonds is 1. The first-order valence-electron chi connectivity index (χ1n) is 5.60. The lowest BCUT2D eigenvalue weighted by atomic mass is 10.1. The molecule has 1 fully saturated rings. The third kappa shape index (κ3) is 1.34. The van der Waals surface area contributed by atoms with E-state index in [1.807, 2.05) is 0 Å². The van der Waals surface area contributed by atoms with Gasteiger partial charge in [-0.05, 0) is 38.0 Å². The van der Waals surface area contributed by atoms with Gasteiger partial charge in [0.1, 0.15) is 0 Å². The Morgan fingerprint density at radius 2 is 2.75 bits per heavy atom. The molecule has 1 aliphatic rings. The molecule has 2 rings (SSSR count). The van der Waals surface area contributed by atoms with Crippen molar-refractivity contribution in [3.05, 3.63) is 30.1 Å². The minimum atomic E-state index is -1.52. The number of aromatic nitrogens is 1. The Bertz CT molecular complexity index is 355. The fraction of sp³-hybridized carbons (Fsp3) is 0.500. The normalized spacial score (nSPS) is 38.6. The molecule has 0 unspecified atom stereocenters. The van der Waals surface area contributed by atoms with Crippen LogP contribution in [0, 0.1) is 0 Å². The van der Waals surface area contributed by atoms with E-state index in [1.165, 1.54) is 0 Å². The molecular formula is C10H14N2. The zero-order valence-electron chi connectivity index (χ0n) is 10.1. The number of pyridine rings is 1. The van der Waals surface area contributed by atoms with Crippen molar-refractivity contribution in [2.75, 3.05) is 13.6 Å². The molecular weight excluding hydrogens is 148 g/mol. The smallest absolute Gasteiger partial charge is 0.0519 e. The number of hydrogen-bond acceptors (Lipinski definition) is 2. The Morgan fingerprint density at radius 3 is 3.33 bits per heavy atom. The van der Waals surface area contributed by atoms with Gasteiger partial charge in [-0.15, -0.1) is 0 Å². The van der Waals surface area contributed by atoms with Crippen LogP contribution in [0.1, 0.15) is 28.5 Å². The lowest BCUT2D eigenvalue weighted by Gasteiger charge is -2.18. The summed E-state index contributed by atoms with van der Waals surface area (Å²) >= 11 is 0. The molecule has 0 radical (unpaired) electrons. The van der Waals surface area contributed by atoms with E-state index in [1.54, 1.807) is 36.5 Å². The highest BCUT2D eigenvalue weighted by molar-refractivity contribution is 5.14. The summed E-state index contributed by atoms with van der Waals surface area (Å²) in [6.45, 7) is 0.603. The van der Waals surface area contributed by atoms with Gasteiger partial charge in [-0.2, -0.15) is 0 Å². The molecule has 1 aromatic heterocycles. The van der Waals surface area contributed by atoms with Crippen LogP contribution < -0.4 is 0 Å². The van der Waals surface area contributed by atoms with E-state index >= 15 is 0 Å². The van der Waals surface area contributed by atoms with Gasteiger partial charge in [0.25, 0.3) is 0 Å². The van der Waals surface area contributed by atoms with Crippen LogP contribution >= 0.6 is 0 Å². The van der Waals surface area contributed by atoms with Crippen molar-refractivity contribution in [1.82, 2.24) is 9.88 Å². The zero-order chi connectivity index (χ0) is 11.1. The van der Waals surface area contributed by atoms with E-state index in [2.05, 4.69) is 4.98 Å². The van der Waals surface area contributed by atoms with Crippen LogP contribution in [0.3, 0.4) is 0 Å². The van der Waals surface area contributed by atoms with Crippen molar-refractivity contribution in [2.45, 2.75) is 18.8 Å². The first-order chi connectivity index (χ1) is 6.98. The van der Waals surface area contributed by atoms with Gasteiger partial charge in [-0.3, -0.25) is 9.88 Å². The maximum absolute atomic E-state index is 8.34. The minimum absolute atomic E-state index is 0.391. The van der Waals surface area contributed by atoms with E-state index in [-0.39, 0.29) is 0 Å². The topological polar surface area (TPSA) is 16.1 Å².